The summed E-state index contributed by atoms with van der Waals surface area (Å²) in [6, 6.07) is 1.92. The summed E-state index contributed by atoms with van der Waals surface area (Å²) in [7, 11) is 0. The van der Waals surface area contributed by atoms with Crippen LogP contribution in [0.5, 0.6) is 0 Å². The van der Waals surface area contributed by atoms with Crippen LogP contribution in [0.3, 0.4) is 0 Å². The minimum Gasteiger partial charge on any atom is -0.504 e. The molecule has 0 fully saturated rings. The van der Waals surface area contributed by atoms with E-state index in [1.165, 1.54) is 12.0 Å². The lowest BCUT2D eigenvalue weighted by atomic mass is 10.2. The number of nitrogens with zero attached hydrogens (tertiary/aromatic N) is 1. The monoisotopic (exact) mass is 309 g/mol. The molecule has 0 radical (unpaired) electrons. The minimum absolute atomic E-state index is 0.583. The second-order valence-corrected chi connectivity index (χ2v) is 3.86. The zero-order valence-electron chi connectivity index (χ0n) is 10.8. The molecule has 1 N–H and O–H groups in total. The van der Waals surface area contributed by atoms with Crippen LogP contribution in [-0.2, 0) is 9.47 Å². The number of hydrogen-bond donors (Lipinski definition) is 1. The largest absolute Gasteiger partial charge is 0.504 e. The molecule has 0 atom stereocenters. The highest BCUT2D eigenvalue weighted by Gasteiger charge is 2.14. The van der Waals surface area contributed by atoms with Gasteiger partial charge in [0, 0.05) is 0 Å². The quantitative estimate of drug-likeness (QED) is 0.595. The van der Waals surface area contributed by atoms with Gasteiger partial charge in [-0.2, -0.15) is 5.26 Å². The van der Waals surface area contributed by atoms with E-state index in [0.29, 0.717) is 5.55 Å². The van der Waals surface area contributed by atoms with Gasteiger partial charge < -0.3 is 14.6 Å². The number of unbranched alkanes of at least 4 members (excludes halogenated alkanes) is 1. The topological polar surface area (TPSA) is 62.5 Å². The fourth-order valence-electron chi connectivity index (χ4n) is 0.422. The Labute approximate surface area is 125 Å². The van der Waals surface area contributed by atoms with Gasteiger partial charge in [0.05, 0.1) is 6.61 Å². The smallest absolute Gasteiger partial charge is 0.189 e. The van der Waals surface area contributed by atoms with E-state index in [4.69, 9.17) is 19.8 Å². The summed E-state index contributed by atoms with van der Waals surface area (Å²) in [5, 5.41) is 15.5. The average molecular weight is 309 g/mol. The van der Waals surface area contributed by atoms with E-state index in [9.17, 15) is 0 Å². The van der Waals surface area contributed by atoms with Crippen molar-refractivity contribution in [1.29, 1.82) is 5.26 Å². The van der Waals surface area contributed by atoms with Gasteiger partial charge in [-0.15, -0.1) is 0 Å². The van der Waals surface area contributed by atoms with Crippen molar-refractivity contribution < 1.29 is 14.6 Å². The molecule has 0 saturated carbocycles. The number of nitriles is 1. The standard InChI is InChI=1S/C5H7NOS.C5H10OS.CH2OS/c1-5(2,3-6)7-4-8;1-2-3-4-6-5-7;2-1-3/h4H,1-2H3;5H,2-4H2,1H3;1H,(H,2,3). The van der Waals surface area contributed by atoms with Gasteiger partial charge in [0.1, 0.15) is 22.7 Å². The van der Waals surface area contributed by atoms with E-state index in [1.807, 2.05) is 6.07 Å². The Morgan fingerprint density at radius 1 is 1.28 bits per heavy atom. The zero-order valence-corrected chi connectivity index (χ0v) is 13.2. The number of hydrogen-bond acceptors (Lipinski definition) is 6. The van der Waals surface area contributed by atoms with Crippen molar-refractivity contribution in [3.05, 3.63) is 0 Å². The molecule has 0 amide bonds. The van der Waals surface area contributed by atoms with Gasteiger partial charge in [-0.05, 0) is 56.9 Å². The Bertz CT molecular complexity index is 252. The fourth-order valence-corrected chi connectivity index (χ4v) is 0.759. The van der Waals surface area contributed by atoms with Crippen molar-refractivity contribution in [2.45, 2.75) is 39.2 Å². The van der Waals surface area contributed by atoms with E-state index < -0.39 is 5.60 Å². The van der Waals surface area contributed by atoms with Gasteiger partial charge in [-0.25, -0.2) is 0 Å². The van der Waals surface area contributed by atoms with Crippen LogP contribution in [0.1, 0.15) is 33.6 Å². The summed E-state index contributed by atoms with van der Waals surface area (Å²) in [6.07, 6.45) is 2.27. The number of aliphatic hydroxyl groups excluding tert-OH is 1. The van der Waals surface area contributed by atoms with Crippen molar-refractivity contribution in [3.8, 4) is 6.07 Å². The zero-order chi connectivity index (χ0) is 14.9. The first kappa shape index (κ1) is 22.3. The molecule has 0 aliphatic carbocycles. The lowest BCUT2D eigenvalue weighted by Gasteiger charge is -2.11. The predicted molar refractivity (Wildman–Crippen MR) is 85.2 cm³/mol. The Morgan fingerprint density at radius 3 is 2.00 bits per heavy atom. The Morgan fingerprint density at radius 2 is 1.78 bits per heavy atom. The highest BCUT2D eigenvalue weighted by atomic mass is 32.1. The summed E-state index contributed by atoms with van der Waals surface area (Å²) >= 11 is 12.6. The normalized spacial score (nSPS) is 8.11. The minimum atomic E-state index is -0.762. The fraction of sp³-hybridized carbons (Fsp3) is 0.636. The number of thiocarbonyl (C=S) groups is 3. The van der Waals surface area contributed by atoms with Crippen LogP contribution in [0.25, 0.3) is 0 Å². The third-order valence-electron chi connectivity index (χ3n) is 1.30. The maximum Gasteiger partial charge on any atom is 0.189 e. The average Bonchev–Trinajstić information content (AvgIpc) is 2.32. The van der Waals surface area contributed by atoms with E-state index in [2.05, 4.69) is 43.6 Å². The second kappa shape index (κ2) is 18.5. The first-order valence-electron chi connectivity index (χ1n) is 5.11. The molecule has 0 aromatic carbocycles. The molecule has 7 heteroatoms. The molecule has 0 aromatic rings. The van der Waals surface area contributed by atoms with Crippen LogP contribution in [0.4, 0.5) is 0 Å². The summed E-state index contributed by atoms with van der Waals surface area (Å²) in [5.41, 5.74) is 2.24. The van der Waals surface area contributed by atoms with Crippen molar-refractivity contribution >= 4 is 53.3 Å². The molecular weight excluding hydrogens is 290 g/mol. The van der Waals surface area contributed by atoms with Gasteiger partial charge >= 0.3 is 0 Å². The molecule has 0 unspecified atom stereocenters. The first-order valence-corrected chi connectivity index (χ1v) is 6.52. The molecule has 0 saturated heterocycles. The van der Waals surface area contributed by atoms with E-state index in [1.54, 1.807) is 13.8 Å². The van der Waals surface area contributed by atoms with E-state index >= 15 is 0 Å². The molecule has 0 aliphatic rings. The summed E-state index contributed by atoms with van der Waals surface area (Å²) in [6.45, 7) is 6.19. The first-order chi connectivity index (χ1) is 8.45. The highest BCUT2D eigenvalue weighted by Crippen LogP contribution is 2.03. The van der Waals surface area contributed by atoms with Crippen LogP contribution in [-0.4, -0.2) is 34.0 Å². The van der Waals surface area contributed by atoms with Gasteiger partial charge in [-0.1, -0.05) is 13.3 Å². The van der Waals surface area contributed by atoms with Gasteiger partial charge in [0.25, 0.3) is 0 Å². The molecule has 0 aromatic heterocycles. The number of aliphatic hydroxyl groups is 1. The molecule has 104 valence electrons. The maximum atomic E-state index is 8.28. The van der Waals surface area contributed by atoms with Crippen molar-refractivity contribution in [2.24, 2.45) is 0 Å². The Balaban J connectivity index is -0.000000207. The lowest BCUT2D eigenvalue weighted by Crippen LogP contribution is -2.19. The second-order valence-electron chi connectivity index (χ2n) is 3.26. The summed E-state index contributed by atoms with van der Waals surface area (Å²) < 4.78 is 9.47. The van der Waals surface area contributed by atoms with Crippen molar-refractivity contribution in [3.63, 3.8) is 0 Å². The van der Waals surface area contributed by atoms with Crippen LogP contribution in [0.15, 0.2) is 0 Å². The van der Waals surface area contributed by atoms with Crippen LogP contribution < -0.4 is 0 Å². The molecule has 0 bridgehead atoms. The van der Waals surface area contributed by atoms with Gasteiger partial charge in [-0.3, -0.25) is 0 Å². The molecule has 0 heterocycles. The third-order valence-corrected chi connectivity index (χ3v) is 1.53. The predicted octanol–water partition coefficient (Wildman–Crippen LogP) is 3.52. The summed E-state index contributed by atoms with van der Waals surface area (Å²) in [4.78, 5) is 0. The highest BCUT2D eigenvalue weighted by molar-refractivity contribution is 7.78. The van der Waals surface area contributed by atoms with E-state index in [0.717, 1.165) is 18.6 Å². The molecule has 4 nitrogen and oxygen atoms in total. The Kier molecular flexibility index (Phi) is 23.0. The molecule has 0 rings (SSSR count). The molecular formula is C11H19NO3S3. The number of ether oxygens (including phenoxy) is 2. The van der Waals surface area contributed by atoms with Gasteiger partial charge in [0.2, 0.25) is 0 Å². The number of rotatable bonds is 6. The van der Waals surface area contributed by atoms with Crippen molar-refractivity contribution in [1.82, 2.24) is 0 Å². The van der Waals surface area contributed by atoms with Crippen molar-refractivity contribution in [2.75, 3.05) is 6.61 Å². The molecule has 18 heavy (non-hydrogen) atoms. The van der Waals surface area contributed by atoms with Gasteiger partial charge in [0.15, 0.2) is 5.60 Å². The third kappa shape index (κ3) is 29.4. The van der Waals surface area contributed by atoms with Crippen LogP contribution >= 0.6 is 36.7 Å². The lowest BCUT2D eigenvalue weighted by molar-refractivity contribution is 0.171. The van der Waals surface area contributed by atoms with Crippen LogP contribution in [0, 0.1) is 11.3 Å². The maximum absolute atomic E-state index is 8.28. The molecule has 0 aliphatic heterocycles. The van der Waals surface area contributed by atoms with Crippen LogP contribution in [0.2, 0.25) is 0 Å². The summed E-state index contributed by atoms with van der Waals surface area (Å²) in [5.74, 6) is 0. The Hall–Kier alpha value is -0.840. The van der Waals surface area contributed by atoms with E-state index in [-0.39, 0.29) is 0 Å². The SMILES string of the molecule is CC(C)(C#N)OC=S.CCCCOC=S.OC=S. The molecule has 0 spiro atoms.